The van der Waals surface area contributed by atoms with E-state index in [-0.39, 0.29) is 23.4 Å². The molecule has 0 radical (unpaired) electrons. The minimum absolute atomic E-state index is 0.00456. The second-order valence-corrected chi connectivity index (χ2v) is 7.77. The van der Waals surface area contributed by atoms with Crippen molar-refractivity contribution in [2.24, 2.45) is 0 Å². The summed E-state index contributed by atoms with van der Waals surface area (Å²) in [6.45, 7) is 14.8. The van der Waals surface area contributed by atoms with E-state index >= 15 is 0 Å². The van der Waals surface area contributed by atoms with E-state index < -0.39 is 5.97 Å². The minimum atomic E-state index is -0.842. The van der Waals surface area contributed by atoms with E-state index in [0.717, 1.165) is 5.75 Å². The average Bonchev–Trinajstić information content (AvgIpc) is 2.24. The van der Waals surface area contributed by atoms with E-state index in [2.05, 4.69) is 47.6 Å². The van der Waals surface area contributed by atoms with Crippen LogP contribution in [0.1, 0.15) is 66.0 Å². The molecule has 0 fully saturated rings. The minimum Gasteiger partial charge on any atom is -0.490 e. The smallest absolute Gasteiger partial charge is 0.307 e. The molecule has 0 saturated heterocycles. The van der Waals surface area contributed by atoms with E-state index in [1.165, 1.54) is 11.1 Å². The molecule has 0 spiro atoms. The van der Waals surface area contributed by atoms with Crippen molar-refractivity contribution in [3.05, 3.63) is 29.3 Å². The highest BCUT2D eigenvalue weighted by molar-refractivity contribution is 5.67. The SMILES string of the molecule is CC(CC(=O)O)Oc1cc(C(C)(C)C)cc(C(C)(C)C)c1. The van der Waals surface area contributed by atoms with E-state index in [1.807, 2.05) is 12.1 Å². The maximum absolute atomic E-state index is 10.8. The van der Waals surface area contributed by atoms with Crippen molar-refractivity contribution in [2.75, 3.05) is 0 Å². The van der Waals surface area contributed by atoms with Crippen LogP contribution < -0.4 is 4.74 Å². The Hall–Kier alpha value is -1.51. The number of aliphatic carboxylic acids is 1. The number of hydrogen-bond acceptors (Lipinski definition) is 2. The molecule has 0 aromatic heterocycles. The molecule has 0 aliphatic carbocycles. The normalized spacial score (nSPS) is 13.9. The third-order valence-electron chi connectivity index (χ3n) is 3.44. The first-order valence-electron chi connectivity index (χ1n) is 7.44. The molecule has 1 N–H and O–H groups in total. The lowest BCUT2D eigenvalue weighted by molar-refractivity contribution is -0.138. The van der Waals surface area contributed by atoms with Gasteiger partial charge in [0.2, 0.25) is 0 Å². The first-order valence-corrected chi connectivity index (χ1v) is 7.44. The zero-order valence-corrected chi connectivity index (χ0v) is 14.3. The van der Waals surface area contributed by atoms with Gasteiger partial charge < -0.3 is 9.84 Å². The van der Waals surface area contributed by atoms with Crippen molar-refractivity contribution in [1.29, 1.82) is 0 Å². The maximum Gasteiger partial charge on any atom is 0.307 e. The molecule has 0 aliphatic heterocycles. The zero-order chi connectivity index (χ0) is 16.4. The summed E-state index contributed by atoms with van der Waals surface area (Å²) < 4.78 is 5.82. The van der Waals surface area contributed by atoms with Gasteiger partial charge in [0.05, 0.1) is 6.42 Å². The zero-order valence-electron chi connectivity index (χ0n) is 14.3. The Bertz CT molecular complexity index is 472. The predicted molar refractivity (Wildman–Crippen MR) is 86.2 cm³/mol. The summed E-state index contributed by atoms with van der Waals surface area (Å²) in [6, 6.07) is 6.26. The fourth-order valence-electron chi connectivity index (χ4n) is 2.05. The number of rotatable bonds is 4. The molecule has 1 atom stereocenters. The predicted octanol–water partition coefficient (Wildman–Crippen LogP) is 4.52. The summed E-state index contributed by atoms with van der Waals surface area (Å²) in [5, 5.41) is 8.85. The van der Waals surface area contributed by atoms with Gasteiger partial charge in [-0.15, -0.1) is 0 Å². The van der Waals surface area contributed by atoms with Gasteiger partial charge in [-0.05, 0) is 41.0 Å². The van der Waals surface area contributed by atoms with Gasteiger partial charge in [0.25, 0.3) is 0 Å². The summed E-state index contributed by atoms with van der Waals surface area (Å²) >= 11 is 0. The highest BCUT2D eigenvalue weighted by Crippen LogP contribution is 2.33. The van der Waals surface area contributed by atoms with Crippen molar-refractivity contribution >= 4 is 5.97 Å². The van der Waals surface area contributed by atoms with Gasteiger partial charge in [0.15, 0.2) is 0 Å². The standard InChI is InChI=1S/C18H28O3/c1-12(8-16(19)20)21-15-10-13(17(2,3)4)9-14(11-15)18(5,6)7/h9-12H,8H2,1-7H3,(H,19,20). The molecule has 21 heavy (non-hydrogen) atoms. The Morgan fingerprint density at radius 1 is 1.05 bits per heavy atom. The maximum atomic E-state index is 10.8. The lowest BCUT2D eigenvalue weighted by Gasteiger charge is -2.26. The topological polar surface area (TPSA) is 46.5 Å². The number of carboxylic acids is 1. The van der Waals surface area contributed by atoms with Crippen LogP contribution in [0.5, 0.6) is 5.75 Å². The third-order valence-corrected chi connectivity index (χ3v) is 3.44. The Balaban J connectivity index is 3.17. The van der Waals surface area contributed by atoms with Crippen LogP contribution in [0.15, 0.2) is 18.2 Å². The van der Waals surface area contributed by atoms with Crippen molar-refractivity contribution in [3.63, 3.8) is 0 Å². The molecule has 0 heterocycles. The number of hydrogen-bond donors (Lipinski definition) is 1. The summed E-state index contributed by atoms with van der Waals surface area (Å²) in [5.41, 5.74) is 2.45. The molecule has 3 nitrogen and oxygen atoms in total. The van der Waals surface area contributed by atoms with E-state index in [4.69, 9.17) is 9.84 Å². The first-order chi connectivity index (χ1) is 9.39. The number of carboxylic acid groups (broad SMARTS) is 1. The summed E-state index contributed by atoms with van der Waals surface area (Å²) in [6.07, 6.45) is -0.338. The Kier molecular flexibility index (Phi) is 5.08. The number of carbonyl (C=O) groups is 1. The largest absolute Gasteiger partial charge is 0.490 e. The van der Waals surface area contributed by atoms with Gasteiger partial charge in [-0.1, -0.05) is 47.6 Å². The molecule has 3 heteroatoms. The third kappa shape index (κ3) is 5.41. The lowest BCUT2D eigenvalue weighted by Crippen LogP contribution is -2.19. The molecular formula is C18H28O3. The number of ether oxygens (including phenoxy) is 1. The number of benzene rings is 1. The Morgan fingerprint density at radius 3 is 1.81 bits per heavy atom. The van der Waals surface area contributed by atoms with Gasteiger partial charge in [-0.25, -0.2) is 0 Å². The Labute approximate surface area is 128 Å². The van der Waals surface area contributed by atoms with Gasteiger partial charge in [0, 0.05) is 0 Å². The molecule has 1 rings (SSSR count). The Morgan fingerprint density at radius 2 is 1.48 bits per heavy atom. The molecule has 0 amide bonds. The van der Waals surface area contributed by atoms with Crippen LogP contribution in [0.4, 0.5) is 0 Å². The second kappa shape index (κ2) is 6.08. The molecular weight excluding hydrogens is 264 g/mol. The van der Waals surface area contributed by atoms with Gasteiger partial charge in [0.1, 0.15) is 11.9 Å². The fourth-order valence-corrected chi connectivity index (χ4v) is 2.05. The second-order valence-electron chi connectivity index (χ2n) is 7.77. The van der Waals surface area contributed by atoms with Crippen LogP contribution in [0.2, 0.25) is 0 Å². The van der Waals surface area contributed by atoms with Gasteiger partial charge >= 0.3 is 5.97 Å². The molecule has 0 bridgehead atoms. The van der Waals surface area contributed by atoms with Gasteiger partial charge in [-0.2, -0.15) is 0 Å². The van der Waals surface area contributed by atoms with Crippen LogP contribution >= 0.6 is 0 Å². The van der Waals surface area contributed by atoms with Crippen LogP contribution in [-0.4, -0.2) is 17.2 Å². The average molecular weight is 292 g/mol. The van der Waals surface area contributed by atoms with Crippen LogP contribution in [0, 0.1) is 0 Å². The summed E-state index contributed by atoms with van der Waals surface area (Å²) in [4.78, 5) is 10.8. The van der Waals surface area contributed by atoms with E-state index in [9.17, 15) is 4.79 Å². The van der Waals surface area contributed by atoms with Gasteiger partial charge in [-0.3, -0.25) is 4.79 Å². The molecule has 1 unspecified atom stereocenters. The monoisotopic (exact) mass is 292 g/mol. The van der Waals surface area contributed by atoms with Crippen molar-refractivity contribution < 1.29 is 14.6 Å². The highest BCUT2D eigenvalue weighted by atomic mass is 16.5. The highest BCUT2D eigenvalue weighted by Gasteiger charge is 2.21. The molecule has 1 aromatic rings. The molecule has 0 aliphatic rings. The molecule has 118 valence electrons. The van der Waals surface area contributed by atoms with Crippen LogP contribution in [-0.2, 0) is 15.6 Å². The van der Waals surface area contributed by atoms with Crippen LogP contribution in [0.25, 0.3) is 0 Å². The fraction of sp³-hybridized carbons (Fsp3) is 0.611. The van der Waals surface area contributed by atoms with Crippen molar-refractivity contribution in [1.82, 2.24) is 0 Å². The van der Waals surface area contributed by atoms with E-state index in [1.54, 1.807) is 6.92 Å². The first kappa shape index (κ1) is 17.5. The quantitative estimate of drug-likeness (QED) is 0.887. The lowest BCUT2D eigenvalue weighted by atomic mass is 9.80. The van der Waals surface area contributed by atoms with Crippen molar-refractivity contribution in [3.8, 4) is 5.75 Å². The van der Waals surface area contributed by atoms with Crippen LogP contribution in [0.3, 0.4) is 0 Å². The summed E-state index contributed by atoms with van der Waals surface area (Å²) in [5.74, 6) is -0.0911. The molecule has 1 aromatic carbocycles. The summed E-state index contributed by atoms with van der Waals surface area (Å²) in [7, 11) is 0. The molecule has 0 saturated carbocycles. The van der Waals surface area contributed by atoms with E-state index in [0.29, 0.717) is 0 Å². The van der Waals surface area contributed by atoms with Crippen molar-refractivity contribution in [2.45, 2.75) is 71.8 Å².